The molecule has 1 fully saturated rings. The van der Waals surface area contributed by atoms with Gasteiger partial charge in [-0.05, 0) is 30.6 Å². The van der Waals surface area contributed by atoms with Gasteiger partial charge in [0, 0.05) is 0 Å². The standard InChI is InChI=1S/C13H26O3/c1-9(2)12-5-4-10(3)6-13(12)16-8-11(15)7-14/h9-15H,4-8H2,1-3H3/t10?,11?,12-,13?/m0/s1. The van der Waals surface area contributed by atoms with E-state index in [1.807, 2.05) is 0 Å². The molecule has 0 heterocycles. The zero-order chi connectivity index (χ0) is 12.1. The third-order valence-electron chi connectivity index (χ3n) is 3.67. The summed E-state index contributed by atoms with van der Waals surface area (Å²) in [5.74, 6) is 1.94. The van der Waals surface area contributed by atoms with Gasteiger partial charge in [0.05, 0.1) is 19.3 Å². The van der Waals surface area contributed by atoms with Crippen molar-refractivity contribution in [3.63, 3.8) is 0 Å². The summed E-state index contributed by atoms with van der Waals surface area (Å²) in [4.78, 5) is 0. The van der Waals surface area contributed by atoms with Gasteiger partial charge in [-0.3, -0.25) is 0 Å². The third-order valence-corrected chi connectivity index (χ3v) is 3.67. The van der Waals surface area contributed by atoms with Crippen molar-refractivity contribution >= 4 is 0 Å². The first-order chi connectivity index (χ1) is 7.54. The summed E-state index contributed by atoms with van der Waals surface area (Å²) in [7, 11) is 0. The smallest absolute Gasteiger partial charge is 0.100 e. The second-order valence-electron chi connectivity index (χ2n) is 5.53. The number of aliphatic hydroxyl groups excluding tert-OH is 2. The summed E-state index contributed by atoms with van der Waals surface area (Å²) < 4.78 is 5.77. The molecule has 1 rings (SSSR count). The van der Waals surface area contributed by atoms with Gasteiger partial charge in [-0.25, -0.2) is 0 Å². The van der Waals surface area contributed by atoms with Crippen LogP contribution in [-0.2, 0) is 4.74 Å². The normalized spacial score (nSPS) is 33.0. The second-order valence-corrected chi connectivity index (χ2v) is 5.53. The van der Waals surface area contributed by atoms with E-state index >= 15 is 0 Å². The van der Waals surface area contributed by atoms with Crippen molar-refractivity contribution in [1.82, 2.24) is 0 Å². The van der Waals surface area contributed by atoms with Crippen LogP contribution < -0.4 is 0 Å². The molecule has 0 bridgehead atoms. The molecule has 96 valence electrons. The molecule has 0 amide bonds. The average Bonchev–Trinajstić information content (AvgIpc) is 2.25. The lowest BCUT2D eigenvalue weighted by Gasteiger charge is -2.37. The quantitative estimate of drug-likeness (QED) is 0.757. The van der Waals surface area contributed by atoms with Crippen LogP contribution in [0.2, 0.25) is 0 Å². The molecule has 1 aliphatic rings. The Kier molecular flexibility index (Phi) is 5.73. The molecular weight excluding hydrogens is 204 g/mol. The highest BCUT2D eigenvalue weighted by molar-refractivity contribution is 4.81. The number of rotatable bonds is 5. The average molecular weight is 230 g/mol. The van der Waals surface area contributed by atoms with Crippen LogP contribution in [0.1, 0.15) is 40.0 Å². The van der Waals surface area contributed by atoms with Crippen molar-refractivity contribution in [2.75, 3.05) is 13.2 Å². The van der Waals surface area contributed by atoms with E-state index in [-0.39, 0.29) is 19.3 Å². The molecule has 0 aromatic rings. The van der Waals surface area contributed by atoms with E-state index < -0.39 is 6.10 Å². The first-order valence-electron chi connectivity index (χ1n) is 6.45. The van der Waals surface area contributed by atoms with E-state index in [0.29, 0.717) is 17.8 Å². The number of hydrogen-bond acceptors (Lipinski definition) is 3. The van der Waals surface area contributed by atoms with Crippen LogP contribution in [0.25, 0.3) is 0 Å². The molecule has 0 aromatic heterocycles. The van der Waals surface area contributed by atoms with Gasteiger partial charge in [-0.15, -0.1) is 0 Å². The highest BCUT2D eigenvalue weighted by Gasteiger charge is 2.31. The summed E-state index contributed by atoms with van der Waals surface area (Å²) in [5, 5.41) is 18.1. The van der Waals surface area contributed by atoms with E-state index in [1.165, 1.54) is 12.8 Å². The zero-order valence-corrected chi connectivity index (χ0v) is 10.7. The molecule has 0 spiro atoms. The molecule has 3 unspecified atom stereocenters. The Bertz CT molecular complexity index is 194. The van der Waals surface area contributed by atoms with Crippen LogP contribution in [0, 0.1) is 17.8 Å². The summed E-state index contributed by atoms with van der Waals surface area (Å²) in [5.41, 5.74) is 0. The molecular formula is C13H26O3. The molecule has 0 saturated heterocycles. The van der Waals surface area contributed by atoms with Crippen molar-refractivity contribution < 1.29 is 14.9 Å². The van der Waals surface area contributed by atoms with Crippen molar-refractivity contribution in [2.45, 2.75) is 52.2 Å². The zero-order valence-electron chi connectivity index (χ0n) is 10.7. The van der Waals surface area contributed by atoms with Crippen molar-refractivity contribution in [2.24, 2.45) is 17.8 Å². The molecule has 0 aromatic carbocycles. The summed E-state index contributed by atoms with van der Waals surface area (Å²) >= 11 is 0. The molecule has 2 N–H and O–H groups in total. The van der Waals surface area contributed by atoms with Gasteiger partial charge in [0.25, 0.3) is 0 Å². The fourth-order valence-electron chi connectivity index (χ4n) is 2.59. The largest absolute Gasteiger partial charge is 0.394 e. The monoisotopic (exact) mass is 230 g/mol. The highest BCUT2D eigenvalue weighted by Crippen LogP contribution is 2.35. The Morgan fingerprint density at radius 2 is 2.00 bits per heavy atom. The van der Waals surface area contributed by atoms with Crippen LogP contribution in [-0.4, -0.2) is 35.6 Å². The highest BCUT2D eigenvalue weighted by atomic mass is 16.5. The van der Waals surface area contributed by atoms with Gasteiger partial charge in [-0.2, -0.15) is 0 Å². The SMILES string of the molecule is CC1CC[C@@H](C(C)C)C(OCC(O)CO)C1. The predicted molar refractivity (Wildman–Crippen MR) is 64.2 cm³/mol. The molecule has 16 heavy (non-hydrogen) atoms. The first kappa shape index (κ1) is 13.9. The van der Waals surface area contributed by atoms with Gasteiger partial charge < -0.3 is 14.9 Å². The molecule has 1 aliphatic carbocycles. The maximum atomic E-state index is 9.30. The molecule has 0 radical (unpaired) electrons. The van der Waals surface area contributed by atoms with Crippen LogP contribution in [0.3, 0.4) is 0 Å². The molecule has 0 aliphatic heterocycles. The van der Waals surface area contributed by atoms with Gasteiger partial charge in [-0.1, -0.05) is 27.2 Å². The Balaban J connectivity index is 2.44. The molecule has 1 saturated carbocycles. The van der Waals surface area contributed by atoms with Crippen molar-refractivity contribution in [3.05, 3.63) is 0 Å². The van der Waals surface area contributed by atoms with Crippen LogP contribution in [0.5, 0.6) is 0 Å². The van der Waals surface area contributed by atoms with Crippen LogP contribution in [0.15, 0.2) is 0 Å². The van der Waals surface area contributed by atoms with E-state index in [0.717, 1.165) is 6.42 Å². The Morgan fingerprint density at radius 3 is 2.56 bits per heavy atom. The first-order valence-corrected chi connectivity index (χ1v) is 6.45. The van der Waals surface area contributed by atoms with Gasteiger partial charge in [0.1, 0.15) is 6.10 Å². The van der Waals surface area contributed by atoms with Crippen LogP contribution >= 0.6 is 0 Å². The lowest BCUT2D eigenvalue weighted by molar-refractivity contribution is -0.0776. The topological polar surface area (TPSA) is 49.7 Å². The minimum atomic E-state index is -0.731. The van der Waals surface area contributed by atoms with E-state index in [9.17, 15) is 5.11 Å². The third kappa shape index (κ3) is 4.04. The van der Waals surface area contributed by atoms with E-state index in [2.05, 4.69) is 20.8 Å². The Hall–Kier alpha value is -0.120. The van der Waals surface area contributed by atoms with E-state index in [4.69, 9.17) is 9.84 Å². The minimum Gasteiger partial charge on any atom is -0.394 e. The lowest BCUT2D eigenvalue weighted by Crippen LogP contribution is -2.36. The summed E-state index contributed by atoms with van der Waals surface area (Å²) in [6, 6.07) is 0. The van der Waals surface area contributed by atoms with Crippen molar-refractivity contribution in [1.29, 1.82) is 0 Å². The maximum Gasteiger partial charge on any atom is 0.100 e. The number of aliphatic hydroxyl groups is 2. The fraction of sp³-hybridized carbons (Fsp3) is 1.00. The van der Waals surface area contributed by atoms with E-state index in [1.54, 1.807) is 0 Å². The summed E-state index contributed by atoms with van der Waals surface area (Å²) in [6.07, 6.45) is 3.11. The number of ether oxygens (including phenoxy) is 1. The Labute approximate surface area is 98.8 Å². The Morgan fingerprint density at radius 1 is 1.31 bits per heavy atom. The van der Waals surface area contributed by atoms with Gasteiger partial charge in [0.2, 0.25) is 0 Å². The fourth-order valence-corrected chi connectivity index (χ4v) is 2.59. The molecule has 4 atom stereocenters. The molecule has 3 nitrogen and oxygen atoms in total. The minimum absolute atomic E-state index is 0.214. The second kappa shape index (κ2) is 6.58. The predicted octanol–water partition coefficient (Wildman–Crippen LogP) is 1.82. The summed E-state index contributed by atoms with van der Waals surface area (Å²) in [6.45, 7) is 6.78. The number of hydrogen-bond donors (Lipinski definition) is 2. The van der Waals surface area contributed by atoms with Crippen molar-refractivity contribution in [3.8, 4) is 0 Å². The lowest BCUT2D eigenvalue weighted by atomic mass is 9.75. The van der Waals surface area contributed by atoms with Gasteiger partial charge >= 0.3 is 0 Å². The van der Waals surface area contributed by atoms with Gasteiger partial charge in [0.15, 0.2) is 0 Å². The maximum absolute atomic E-state index is 9.30. The van der Waals surface area contributed by atoms with Crippen LogP contribution in [0.4, 0.5) is 0 Å². The molecule has 3 heteroatoms.